The van der Waals surface area contributed by atoms with Crippen LogP contribution >= 0.6 is 15.9 Å². The molecule has 17 heavy (non-hydrogen) atoms. The van der Waals surface area contributed by atoms with E-state index in [0.717, 1.165) is 11.0 Å². The smallest absolute Gasteiger partial charge is 0.127 e. The first-order chi connectivity index (χ1) is 8.25. The van der Waals surface area contributed by atoms with E-state index in [0.29, 0.717) is 12.1 Å². The van der Waals surface area contributed by atoms with Crippen molar-refractivity contribution in [1.82, 2.24) is 5.32 Å². The van der Waals surface area contributed by atoms with Gasteiger partial charge in [0.2, 0.25) is 0 Å². The lowest BCUT2D eigenvalue weighted by atomic mass is 10.2. The fourth-order valence-electron chi connectivity index (χ4n) is 1.59. The molecule has 1 nitrogen and oxygen atoms in total. The average Bonchev–Trinajstić information content (AvgIpc) is 2.34. The molecule has 0 aliphatic carbocycles. The Morgan fingerprint density at radius 1 is 0.941 bits per heavy atom. The van der Waals surface area contributed by atoms with Crippen LogP contribution in [0.15, 0.2) is 53.0 Å². The maximum absolute atomic E-state index is 13.3. The summed E-state index contributed by atoms with van der Waals surface area (Å²) in [5.74, 6) is -0.157. The summed E-state index contributed by atoms with van der Waals surface area (Å²) in [6, 6.07) is 14.9. The summed E-state index contributed by atoms with van der Waals surface area (Å²) in [7, 11) is 0. The highest BCUT2D eigenvalue weighted by molar-refractivity contribution is 9.10. The minimum atomic E-state index is -0.157. The molecule has 0 bridgehead atoms. The predicted molar refractivity (Wildman–Crippen MR) is 71.1 cm³/mol. The molecule has 0 amide bonds. The average molecular weight is 294 g/mol. The van der Waals surface area contributed by atoms with Gasteiger partial charge in [0.05, 0.1) is 0 Å². The highest BCUT2D eigenvalue weighted by atomic mass is 79.9. The topological polar surface area (TPSA) is 12.0 Å². The van der Waals surface area contributed by atoms with Gasteiger partial charge in [0.15, 0.2) is 0 Å². The van der Waals surface area contributed by atoms with Crippen LogP contribution in [0.25, 0.3) is 0 Å². The van der Waals surface area contributed by atoms with E-state index in [1.165, 1.54) is 11.6 Å². The van der Waals surface area contributed by atoms with Crippen LogP contribution in [0.2, 0.25) is 0 Å². The van der Waals surface area contributed by atoms with Crippen molar-refractivity contribution in [2.45, 2.75) is 13.1 Å². The molecule has 2 aromatic carbocycles. The number of hydrogen-bond donors (Lipinski definition) is 1. The number of halogens is 2. The number of nitrogens with one attached hydrogen (secondary N) is 1. The number of rotatable bonds is 4. The van der Waals surface area contributed by atoms with E-state index in [-0.39, 0.29) is 5.82 Å². The van der Waals surface area contributed by atoms with Gasteiger partial charge in [0.25, 0.3) is 0 Å². The SMILES string of the molecule is Fc1ccccc1CNCc1ccc(Br)cc1. The van der Waals surface area contributed by atoms with Crippen LogP contribution in [0, 0.1) is 5.82 Å². The normalized spacial score (nSPS) is 10.5. The van der Waals surface area contributed by atoms with Crippen LogP contribution in [-0.2, 0) is 13.1 Å². The zero-order chi connectivity index (χ0) is 12.1. The minimum absolute atomic E-state index is 0.157. The molecular weight excluding hydrogens is 281 g/mol. The quantitative estimate of drug-likeness (QED) is 0.902. The Morgan fingerprint density at radius 3 is 2.35 bits per heavy atom. The number of hydrogen-bond acceptors (Lipinski definition) is 1. The first kappa shape index (κ1) is 12.3. The van der Waals surface area contributed by atoms with Crippen molar-refractivity contribution >= 4 is 15.9 Å². The third-order valence-electron chi connectivity index (χ3n) is 2.52. The lowest BCUT2D eigenvalue weighted by molar-refractivity contribution is 0.588. The van der Waals surface area contributed by atoms with Gasteiger partial charge < -0.3 is 5.32 Å². The van der Waals surface area contributed by atoms with E-state index in [4.69, 9.17) is 0 Å². The van der Waals surface area contributed by atoms with Gasteiger partial charge in [0.1, 0.15) is 5.82 Å². The van der Waals surface area contributed by atoms with Crippen molar-refractivity contribution in [1.29, 1.82) is 0 Å². The van der Waals surface area contributed by atoms with Crippen molar-refractivity contribution < 1.29 is 4.39 Å². The zero-order valence-corrected chi connectivity index (χ0v) is 10.9. The van der Waals surface area contributed by atoms with Crippen molar-refractivity contribution in [3.05, 3.63) is 69.9 Å². The van der Waals surface area contributed by atoms with E-state index in [9.17, 15) is 4.39 Å². The summed E-state index contributed by atoms with van der Waals surface area (Å²) >= 11 is 3.39. The number of benzene rings is 2. The van der Waals surface area contributed by atoms with Crippen LogP contribution < -0.4 is 5.32 Å². The molecule has 0 fully saturated rings. The summed E-state index contributed by atoms with van der Waals surface area (Å²) in [6.07, 6.45) is 0. The van der Waals surface area contributed by atoms with Crippen molar-refractivity contribution in [2.24, 2.45) is 0 Å². The Labute approximate surface area is 109 Å². The maximum atomic E-state index is 13.3. The molecule has 0 atom stereocenters. The molecular formula is C14H13BrFN. The molecule has 0 saturated carbocycles. The predicted octanol–water partition coefficient (Wildman–Crippen LogP) is 3.88. The molecule has 88 valence electrons. The molecule has 0 aliphatic heterocycles. The maximum Gasteiger partial charge on any atom is 0.127 e. The molecule has 2 rings (SSSR count). The zero-order valence-electron chi connectivity index (χ0n) is 9.29. The lowest BCUT2D eigenvalue weighted by Crippen LogP contribution is -2.13. The van der Waals surface area contributed by atoms with Crippen LogP contribution in [0.1, 0.15) is 11.1 Å². The molecule has 2 aromatic rings. The van der Waals surface area contributed by atoms with E-state index >= 15 is 0 Å². The van der Waals surface area contributed by atoms with Gasteiger partial charge in [-0.15, -0.1) is 0 Å². The largest absolute Gasteiger partial charge is 0.309 e. The van der Waals surface area contributed by atoms with Gasteiger partial charge in [0, 0.05) is 23.1 Å². The highest BCUT2D eigenvalue weighted by Gasteiger charge is 1.99. The standard InChI is InChI=1S/C14H13BrFN/c15-13-7-5-11(6-8-13)9-17-10-12-3-1-2-4-14(12)16/h1-8,17H,9-10H2. The fourth-order valence-corrected chi connectivity index (χ4v) is 1.85. The molecule has 3 heteroatoms. The molecule has 0 spiro atoms. The molecule has 0 unspecified atom stereocenters. The fraction of sp³-hybridized carbons (Fsp3) is 0.143. The second kappa shape index (κ2) is 5.94. The van der Waals surface area contributed by atoms with E-state index < -0.39 is 0 Å². The van der Waals surface area contributed by atoms with Gasteiger partial charge >= 0.3 is 0 Å². The lowest BCUT2D eigenvalue weighted by Gasteiger charge is -2.06. The van der Waals surface area contributed by atoms with Crippen LogP contribution in [-0.4, -0.2) is 0 Å². The first-order valence-corrected chi connectivity index (χ1v) is 6.23. The molecule has 0 saturated heterocycles. The van der Waals surface area contributed by atoms with Gasteiger partial charge in [-0.2, -0.15) is 0 Å². The third kappa shape index (κ3) is 3.65. The summed E-state index contributed by atoms with van der Waals surface area (Å²) in [4.78, 5) is 0. The monoisotopic (exact) mass is 293 g/mol. The Morgan fingerprint density at radius 2 is 1.65 bits per heavy atom. The van der Waals surface area contributed by atoms with Gasteiger partial charge in [-0.05, 0) is 23.8 Å². The Bertz CT molecular complexity index is 482. The summed E-state index contributed by atoms with van der Waals surface area (Å²) < 4.78 is 14.4. The Hall–Kier alpha value is -1.19. The van der Waals surface area contributed by atoms with E-state index in [1.54, 1.807) is 12.1 Å². The first-order valence-electron chi connectivity index (χ1n) is 5.44. The van der Waals surface area contributed by atoms with E-state index in [2.05, 4.69) is 21.2 Å². The summed E-state index contributed by atoms with van der Waals surface area (Å²) in [6.45, 7) is 1.28. The van der Waals surface area contributed by atoms with Crippen molar-refractivity contribution in [2.75, 3.05) is 0 Å². The van der Waals surface area contributed by atoms with Crippen LogP contribution in [0.4, 0.5) is 4.39 Å². The van der Waals surface area contributed by atoms with E-state index in [1.807, 2.05) is 30.3 Å². The second-order valence-electron chi connectivity index (χ2n) is 3.82. The Kier molecular flexibility index (Phi) is 4.29. The van der Waals surface area contributed by atoms with Crippen LogP contribution in [0.3, 0.4) is 0 Å². The third-order valence-corrected chi connectivity index (χ3v) is 3.04. The summed E-state index contributed by atoms with van der Waals surface area (Å²) in [5, 5.41) is 3.22. The molecule has 0 aliphatic rings. The molecule has 1 N–H and O–H groups in total. The summed E-state index contributed by atoms with van der Waals surface area (Å²) in [5.41, 5.74) is 1.88. The van der Waals surface area contributed by atoms with Crippen molar-refractivity contribution in [3.8, 4) is 0 Å². The van der Waals surface area contributed by atoms with Gasteiger partial charge in [-0.3, -0.25) is 0 Å². The molecule has 0 heterocycles. The van der Waals surface area contributed by atoms with Crippen molar-refractivity contribution in [3.63, 3.8) is 0 Å². The van der Waals surface area contributed by atoms with Gasteiger partial charge in [-0.1, -0.05) is 46.3 Å². The minimum Gasteiger partial charge on any atom is -0.309 e. The van der Waals surface area contributed by atoms with Crippen LogP contribution in [0.5, 0.6) is 0 Å². The molecule has 0 radical (unpaired) electrons. The van der Waals surface area contributed by atoms with Gasteiger partial charge in [-0.25, -0.2) is 4.39 Å². The Balaban J connectivity index is 1.88. The highest BCUT2D eigenvalue weighted by Crippen LogP contribution is 2.11. The molecule has 0 aromatic heterocycles. The second-order valence-corrected chi connectivity index (χ2v) is 4.74.